The van der Waals surface area contributed by atoms with Gasteiger partial charge in [-0.15, -0.1) is 11.8 Å². The van der Waals surface area contributed by atoms with E-state index in [-0.39, 0.29) is 5.69 Å². The first-order valence-corrected chi connectivity index (χ1v) is 11.0. The molecular formula is C22H23N5O3S. The number of benzene rings is 2. The molecule has 1 atom stereocenters. The van der Waals surface area contributed by atoms with Gasteiger partial charge in [-0.05, 0) is 48.2 Å². The number of aldehydes is 1. The number of rotatable bonds is 4. The molecule has 0 saturated heterocycles. The number of carbonyl (C=O) groups is 1. The summed E-state index contributed by atoms with van der Waals surface area (Å²) in [6.07, 6.45) is 4.62. The quantitative estimate of drug-likeness (QED) is 0.239. The van der Waals surface area contributed by atoms with Crippen LogP contribution in [0.2, 0.25) is 0 Å². The number of anilines is 1. The molecule has 0 bridgehead atoms. The first-order chi connectivity index (χ1) is 15.0. The number of amidine groups is 1. The largest absolute Gasteiger partial charge is 0.326 e. The van der Waals surface area contributed by atoms with E-state index in [0.29, 0.717) is 5.75 Å². The predicted octanol–water partition coefficient (Wildman–Crippen LogP) is 3.44. The van der Waals surface area contributed by atoms with Crippen molar-refractivity contribution in [1.29, 1.82) is 0 Å². The van der Waals surface area contributed by atoms with E-state index in [2.05, 4.69) is 21.1 Å². The average molecular weight is 438 g/mol. The lowest BCUT2D eigenvalue weighted by molar-refractivity contribution is -0.384. The third-order valence-corrected chi connectivity index (χ3v) is 7.04. The Labute approximate surface area is 184 Å². The second-order valence-electron chi connectivity index (χ2n) is 7.40. The fraction of sp³-hybridized carbons (Fsp3) is 0.318. The first kappa shape index (κ1) is 21.0. The van der Waals surface area contributed by atoms with Crippen LogP contribution < -0.4 is 4.90 Å². The number of nitrogens with zero attached hydrogens (tertiary/aromatic N) is 5. The summed E-state index contributed by atoms with van der Waals surface area (Å²) in [6, 6.07) is 12.6. The van der Waals surface area contributed by atoms with Crippen LogP contribution in [0, 0.1) is 10.1 Å². The number of aliphatic imine (C=N–C) groups is 1. The minimum atomic E-state index is -0.827. The van der Waals surface area contributed by atoms with Gasteiger partial charge in [-0.25, -0.2) is 0 Å². The lowest BCUT2D eigenvalue weighted by atomic mass is 9.95. The van der Waals surface area contributed by atoms with Gasteiger partial charge in [0.2, 0.25) is 0 Å². The zero-order chi connectivity index (χ0) is 22.0. The second-order valence-corrected chi connectivity index (χ2v) is 8.64. The van der Waals surface area contributed by atoms with Crippen LogP contribution in [0.1, 0.15) is 23.1 Å². The Kier molecular flexibility index (Phi) is 5.77. The van der Waals surface area contributed by atoms with Crippen molar-refractivity contribution in [3.05, 3.63) is 69.3 Å². The van der Waals surface area contributed by atoms with Crippen molar-refractivity contribution in [3.63, 3.8) is 0 Å². The molecule has 2 aliphatic rings. The molecule has 2 aromatic carbocycles. The predicted molar refractivity (Wildman–Crippen MR) is 124 cm³/mol. The molecule has 2 aromatic rings. The van der Waals surface area contributed by atoms with Crippen LogP contribution in [0.4, 0.5) is 11.4 Å². The Hall–Kier alpha value is -3.20. The lowest BCUT2D eigenvalue weighted by Crippen LogP contribution is -2.42. The molecule has 0 fully saturated rings. The maximum atomic E-state index is 12.1. The number of fused-ring (bicyclic) bond motifs is 1. The van der Waals surface area contributed by atoms with Crippen LogP contribution >= 0.6 is 11.8 Å². The highest BCUT2D eigenvalue weighted by atomic mass is 32.2. The molecule has 0 amide bonds. The molecule has 0 radical (unpaired) electrons. The molecule has 0 spiro atoms. The summed E-state index contributed by atoms with van der Waals surface area (Å²) in [5, 5.41) is 17.0. The molecular weight excluding hydrogens is 414 g/mol. The molecule has 160 valence electrons. The average Bonchev–Trinajstić information content (AvgIpc) is 2.80. The smallest absolute Gasteiger partial charge is 0.269 e. The summed E-state index contributed by atoms with van der Waals surface area (Å²) in [4.78, 5) is 28.5. The minimum absolute atomic E-state index is 0.0545. The van der Waals surface area contributed by atoms with Crippen molar-refractivity contribution in [1.82, 2.24) is 5.01 Å². The maximum absolute atomic E-state index is 12.1. The minimum Gasteiger partial charge on any atom is -0.326 e. The zero-order valence-corrected chi connectivity index (χ0v) is 18.2. The summed E-state index contributed by atoms with van der Waals surface area (Å²) in [5.41, 5.74) is 3.99. The number of nitro benzene ring substituents is 1. The number of carbonyl (C=O) groups excluding carboxylic acids is 1. The van der Waals surface area contributed by atoms with Gasteiger partial charge >= 0.3 is 0 Å². The van der Waals surface area contributed by atoms with Gasteiger partial charge in [0, 0.05) is 56.0 Å². The highest BCUT2D eigenvalue weighted by molar-refractivity contribution is 8.01. The second kappa shape index (κ2) is 8.50. The fourth-order valence-electron chi connectivity index (χ4n) is 4.13. The van der Waals surface area contributed by atoms with Gasteiger partial charge in [-0.3, -0.25) is 24.9 Å². The van der Waals surface area contributed by atoms with Crippen LogP contribution in [0.3, 0.4) is 0 Å². The monoisotopic (exact) mass is 437 g/mol. The van der Waals surface area contributed by atoms with E-state index < -0.39 is 9.79 Å². The number of thioether (sulfide) groups is 1. The van der Waals surface area contributed by atoms with Gasteiger partial charge in [0.15, 0.2) is 11.2 Å². The van der Waals surface area contributed by atoms with E-state index in [4.69, 9.17) is 0 Å². The van der Waals surface area contributed by atoms with Gasteiger partial charge < -0.3 is 4.90 Å². The van der Waals surface area contributed by atoms with Crippen LogP contribution in [0.15, 0.2) is 52.6 Å². The molecule has 0 aromatic heterocycles. The van der Waals surface area contributed by atoms with Gasteiger partial charge in [-0.2, -0.15) is 5.10 Å². The van der Waals surface area contributed by atoms with Crippen LogP contribution in [0.25, 0.3) is 0 Å². The first-order valence-electron chi connectivity index (χ1n) is 9.99. The molecule has 4 rings (SSSR count). The van der Waals surface area contributed by atoms with E-state index in [1.54, 1.807) is 42.2 Å². The van der Waals surface area contributed by atoms with E-state index in [9.17, 15) is 14.9 Å². The van der Waals surface area contributed by atoms with E-state index in [1.807, 2.05) is 19.2 Å². The molecule has 31 heavy (non-hydrogen) atoms. The number of nitro groups is 1. The van der Waals surface area contributed by atoms with Crippen molar-refractivity contribution >= 4 is 41.5 Å². The topological polar surface area (TPSA) is 91.4 Å². The Morgan fingerprint density at radius 1 is 1.29 bits per heavy atom. The molecule has 2 heterocycles. The highest BCUT2D eigenvalue weighted by Gasteiger charge is 2.39. The van der Waals surface area contributed by atoms with Gasteiger partial charge in [0.25, 0.3) is 5.69 Å². The summed E-state index contributed by atoms with van der Waals surface area (Å²) in [5.74, 6) is 1.45. The normalized spacial score (nSPS) is 21.0. The van der Waals surface area contributed by atoms with Gasteiger partial charge in [0.1, 0.15) is 5.84 Å². The number of non-ortho nitro benzene ring substituents is 1. The van der Waals surface area contributed by atoms with Gasteiger partial charge in [0.05, 0.1) is 4.92 Å². The lowest BCUT2D eigenvalue weighted by Gasteiger charge is -2.39. The van der Waals surface area contributed by atoms with Crippen molar-refractivity contribution in [2.24, 2.45) is 10.1 Å². The maximum Gasteiger partial charge on any atom is 0.269 e. The van der Waals surface area contributed by atoms with Crippen molar-refractivity contribution < 1.29 is 9.72 Å². The zero-order valence-electron chi connectivity index (χ0n) is 17.4. The number of likely N-dealkylation sites (N-methyl/N-ethyl adjacent to an activating group) is 1. The molecule has 0 saturated carbocycles. The third-order valence-electron chi connectivity index (χ3n) is 5.69. The molecule has 0 aliphatic carbocycles. The highest BCUT2D eigenvalue weighted by Crippen LogP contribution is 2.41. The van der Waals surface area contributed by atoms with E-state index >= 15 is 0 Å². The summed E-state index contributed by atoms with van der Waals surface area (Å²) >= 11 is 1.55. The molecule has 1 unspecified atom stereocenters. The summed E-state index contributed by atoms with van der Waals surface area (Å²) < 4.78 is 0. The Morgan fingerprint density at radius 2 is 2.06 bits per heavy atom. The summed E-state index contributed by atoms with van der Waals surface area (Å²) in [7, 11) is 3.55. The molecule has 2 aliphatic heterocycles. The Balaban J connectivity index is 1.70. The van der Waals surface area contributed by atoms with Crippen molar-refractivity contribution in [2.45, 2.75) is 17.7 Å². The molecule has 8 nitrogen and oxygen atoms in total. The standard InChI is InChI=1S/C22H23N5O3S/c1-23-21(16-5-8-19(9-6-16)27(29)30)26-12-3-4-17-14-18(7-10-20(17)26)22(15-28)25(2)24-11-13-31-22/h5-11,14-15H,3-4,12-13H2,1-2H3. The van der Waals surface area contributed by atoms with E-state index in [1.165, 1.54) is 12.1 Å². The van der Waals surface area contributed by atoms with E-state index in [0.717, 1.165) is 53.9 Å². The number of hydrogen-bond donors (Lipinski definition) is 0. The SMILES string of the molecule is CN=C(c1ccc([N+](=O)[O-])cc1)N1CCCc2cc(C3(C=O)SCC=NN3C)ccc21. The Morgan fingerprint density at radius 3 is 2.71 bits per heavy atom. The van der Waals surface area contributed by atoms with Crippen molar-refractivity contribution in [3.8, 4) is 0 Å². The molecule has 9 heteroatoms. The van der Waals surface area contributed by atoms with Crippen molar-refractivity contribution in [2.75, 3.05) is 31.3 Å². The Bertz CT molecular complexity index is 1070. The molecule has 0 N–H and O–H groups in total. The summed E-state index contributed by atoms with van der Waals surface area (Å²) in [6.45, 7) is 0.799. The van der Waals surface area contributed by atoms with Gasteiger partial charge in [-0.1, -0.05) is 6.07 Å². The van der Waals surface area contributed by atoms with Crippen LogP contribution in [-0.4, -0.2) is 54.7 Å². The number of aryl methyl sites for hydroxylation is 1. The van der Waals surface area contributed by atoms with Crippen LogP contribution in [0.5, 0.6) is 0 Å². The van der Waals surface area contributed by atoms with Crippen LogP contribution in [-0.2, 0) is 16.1 Å². The number of hydrogen-bond acceptors (Lipinski definition) is 7. The third kappa shape index (κ3) is 3.69. The number of hydrazone groups is 1. The fourth-order valence-corrected chi connectivity index (χ4v) is 5.12.